The summed E-state index contributed by atoms with van der Waals surface area (Å²) in [6.45, 7) is 3.71. The molecule has 0 bridgehead atoms. The first kappa shape index (κ1) is 23.1. The van der Waals surface area contributed by atoms with Gasteiger partial charge in [-0.2, -0.15) is 0 Å². The molecule has 0 spiro atoms. The average Bonchev–Trinajstić information content (AvgIpc) is 2.81. The molecule has 1 amide bonds. The second-order valence-electron chi connectivity index (χ2n) is 7.17. The largest absolute Gasteiger partial charge is 0.452 e. The lowest BCUT2D eigenvalue weighted by Gasteiger charge is -2.30. The second kappa shape index (κ2) is 10.7. The number of hydrogen-bond donors (Lipinski definition) is 0. The van der Waals surface area contributed by atoms with E-state index in [0.717, 1.165) is 6.07 Å². The van der Waals surface area contributed by atoms with Gasteiger partial charge in [0.2, 0.25) is 0 Å². The monoisotopic (exact) mass is 445 g/mol. The molecular weight excluding hydrogens is 421 g/mol. The molecule has 1 aliphatic rings. The molecule has 1 fully saturated rings. The van der Waals surface area contributed by atoms with E-state index in [-0.39, 0.29) is 17.8 Å². The summed E-state index contributed by atoms with van der Waals surface area (Å²) in [6, 6.07) is 9.88. The maximum absolute atomic E-state index is 13.4. The molecule has 9 nitrogen and oxygen atoms in total. The van der Waals surface area contributed by atoms with Crippen molar-refractivity contribution in [1.29, 1.82) is 0 Å². The van der Waals surface area contributed by atoms with Crippen molar-refractivity contribution >= 4 is 23.3 Å². The number of anilines is 1. The van der Waals surface area contributed by atoms with E-state index in [4.69, 9.17) is 9.47 Å². The lowest BCUT2D eigenvalue weighted by molar-refractivity contribution is -0.384. The van der Waals surface area contributed by atoms with Gasteiger partial charge in [0.25, 0.3) is 11.6 Å². The number of morpholine rings is 1. The van der Waals surface area contributed by atoms with Crippen LogP contribution < -0.4 is 4.90 Å². The zero-order chi connectivity index (χ0) is 23.1. The molecule has 0 N–H and O–H groups in total. The fourth-order valence-corrected chi connectivity index (χ4v) is 3.41. The number of nitro benzene ring substituents is 1. The van der Waals surface area contributed by atoms with Crippen molar-refractivity contribution in [3.63, 3.8) is 0 Å². The van der Waals surface area contributed by atoms with Crippen molar-refractivity contribution in [3.05, 3.63) is 69.5 Å². The number of carbonyl (C=O) groups excluding carboxylic acids is 2. The number of rotatable bonds is 8. The van der Waals surface area contributed by atoms with Crippen molar-refractivity contribution in [2.75, 3.05) is 44.4 Å². The summed E-state index contributed by atoms with van der Waals surface area (Å²) in [5.74, 6) is -1.69. The van der Waals surface area contributed by atoms with Crippen LogP contribution in [0.3, 0.4) is 0 Å². The third-order valence-corrected chi connectivity index (χ3v) is 5.09. The smallest absolute Gasteiger partial charge is 0.341 e. The summed E-state index contributed by atoms with van der Waals surface area (Å²) >= 11 is 0. The van der Waals surface area contributed by atoms with Crippen LogP contribution in [-0.4, -0.2) is 61.2 Å². The predicted molar refractivity (Wildman–Crippen MR) is 114 cm³/mol. The Morgan fingerprint density at radius 2 is 1.97 bits per heavy atom. The van der Waals surface area contributed by atoms with Crippen LogP contribution in [0.2, 0.25) is 0 Å². The van der Waals surface area contributed by atoms with Gasteiger partial charge in [-0.3, -0.25) is 14.9 Å². The lowest BCUT2D eigenvalue weighted by atomic mass is 10.1. The van der Waals surface area contributed by atoms with Gasteiger partial charge < -0.3 is 19.3 Å². The minimum Gasteiger partial charge on any atom is -0.452 e. The molecule has 2 aromatic rings. The van der Waals surface area contributed by atoms with Crippen molar-refractivity contribution in [2.45, 2.75) is 13.5 Å². The number of esters is 1. The van der Waals surface area contributed by atoms with Gasteiger partial charge in [-0.25, -0.2) is 9.18 Å². The number of nitrogens with zero attached hydrogens (tertiary/aromatic N) is 3. The molecule has 0 aliphatic carbocycles. The summed E-state index contributed by atoms with van der Waals surface area (Å²) in [7, 11) is 0. The molecule has 1 heterocycles. The molecule has 1 aliphatic heterocycles. The van der Waals surface area contributed by atoms with Crippen molar-refractivity contribution in [1.82, 2.24) is 4.90 Å². The van der Waals surface area contributed by atoms with Crippen LogP contribution in [0.1, 0.15) is 22.8 Å². The fraction of sp³-hybridized carbons (Fsp3) is 0.364. The molecule has 0 aromatic heterocycles. The molecule has 0 unspecified atom stereocenters. The third kappa shape index (κ3) is 5.79. The van der Waals surface area contributed by atoms with Crippen molar-refractivity contribution < 1.29 is 28.4 Å². The summed E-state index contributed by atoms with van der Waals surface area (Å²) in [5.41, 5.74) is 0.868. The van der Waals surface area contributed by atoms with E-state index in [9.17, 15) is 24.1 Å². The van der Waals surface area contributed by atoms with E-state index in [0.29, 0.717) is 44.1 Å². The SMILES string of the molecule is CCN(Cc1cccc(F)c1)C(=O)COC(=O)c1cc([N+](=O)[O-])ccc1N1CCOCC1. The van der Waals surface area contributed by atoms with Crippen LogP contribution in [0.15, 0.2) is 42.5 Å². The molecule has 2 aromatic carbocycles. The Labute approximate surface area is 184 Å². The van der Waals surface area contributed by atoms with E-state index in [1.165, 1.54) is 29.2 Å². The van der Waals surface area contributed by atoms with Crippen LogP contribution in [0.4, 0.5) is 15.8 Å². The molecular formula is C22H24FN3O6. The van der Waals surface area contributed by atoms with E-state index in [2.05, 4.69) is 0 Å². The highest BCUT2D eigenvalue weighted by Gasteiger charge is 2.24. The summed E-state index contributed by atoms with van der Waals surface area (Å²) < 4.78 is 23.9. The van der Waals surface area contributed by atoms with Gasteiger partial charge in [-0.1, -0.05) is 12.1 Å². The maximum Gasteiger partial charge on any atom is 0.341 e. The Morgan fingerprint density at radius 3 is 2.62 bits per heavy atom. The molecule has 0 saturated carbocycles. The highest BCUT2D eigenvalue weighted by atomic mass is 19.1. The van der Waals surface area contributed by atoms with Crippen LogP contribution in [-0.2, 0) is 20.8 Å². The molecule has 32 heavy (non-hydrogen) atoms. The Bertz CT molecular complexity index is 993. The Hall–Kier alpha value is -3.53. The van der Waals surface area contributed by atoms with Gasteiger partial charge in [-0.05, 0) is 30.7 Å². The number of halogens is 1. The summed E-state index contributed by atoms with van der Waals surface area (Å²) in [6.07, 6.45) is 0. The third-order valence-electron chi connectivity index (χ3n) is 5.09. The van der Waals surface area contributed by atoms with Gasteiger partial charge in [0, 0.05) is 38.3 Å². The van der Waals surface area contributed by atoms with E-state index in [1.54, 1.807) is 19.1 Å². The minimum absolute atomic E-state index is 0.0158. The van der Waals surface area contributed by atoms with Crippen molar-refractivity contribution in [2.24, 2.45) is 0 Å². The first-order valence-corrected chi connectivity index (χ1v) is 10.2. The maximum atomic E-state index is 13.4. The lowest BCUT2D eigenvalue weighted by Crippen LogP contribution is -2.37. The first-order chi connectivity index (χ1) is 15.4. The minimum atomic E-state index is -0.828. The molecule has 0 atom stereocenters. The van der Waals surface area contributed by atoms with E-state index < -0.39 is 29.2 Å². The van der Waals surface area contributed by atoms with Crippen LogP contribution in [0.25, 0.3) is 0 Å². The Morgan fingerprint density at radius 1 is 1.22 bits per heavy atom. The van der Waals surface area contributed by atoms with Crippen LogP contribution in [0.5, 0.6) is 0 Å². The standard InChI is InChI=1S/C22H24FN3O6/c1-2-24(14-16-4-3-5-17(23)12-16)21(27)15-32-22(28)19-13-18(26(29)30)6-7-20(19)25-8-10-31-11-9-25/h3-7,12-13H,2,8-11,14-15H2,1H3. The molecule has 3 rings (SSSR count). The van der Waals surface area contributed by atoms with E-state index in [1.807, 2.05) is 4.90 Å². The first-order valence-electron chi connectivity index (χ1n) is 10.2. The fourth-order valence-electron chi connectivity index (χ4n) is 3.41. The predicted octanol–water partition coefficient (Wildman–Crippen LogP) is 2.78. The van der Waals surface area contributed by atoms with Gasteiger partial charge >= 0.3 is 5.97 Å². The normalized spacial score (nSPS) is 13.5. The number of nitro groups is 1. The van der Waals surface area contributed by atoms with E-state index >= 15 is 0 Å². The number of amides is 1. The number of non-ortho nitro benzene ring substituents is 1. The van der Waals surface area contributed by atoms with Crippen LogP contribution in [0, 0.1) is 15.9 Å². The summed E-state index contributed by atoms with van der Waals surface area (Å²) in [4.78, 5) is 39.3. The summed E-state index contributed by atoms with van der Waals surface area (Å²) in [5, 5.41) is 11.2. The van der Waals surface area contributed by atoms with Gasteiger partial charge in [0.1, 0.15) is 5.82 Å². The molecule has 1 saturated heterocycles. The van der Waals surface area contributed by atoms with Crippen molar-refractivity contribution in [3.8, 4) is 0 Å². The van der Waals surface area contributed by atoms with Gasteiger partial charge in [-0.15, -0.1) is 0 Å². The number of benzene rings is 2. The zero-order valence-corrected chi connectivity index (χ0v) is 17.7. The topological polar surface area (TPSA) is 102 Å². The highest BCUT2D eigenvalue weighted by Crippen LogP contribution is 2.27. The molecule has 10 heteroatoms. The molecule has 170 valence electrons. The van der Waals surface area contributed by atoms with Gasteiger partial charge in [0.15, 0.2) is 6.61 Å². The number of hydrogen-bond acceptors (Lipinski definition) is 7. The highest BCUT2D eigenvalue weighted by molar-refractivity contribution is 5.97. The number of carbonyl (C=O) groups is 2. The van der Waals surface area contributed by atoms with Gasteiger partial charge in [0.05, 0.1) is 29.4 Å². The Kier molecular flexibility index (Phi) is 7.72. The zero-order valence-electron chi connectivity index (χ0n) is 17.7. The Balaban J connectivity index is 1.71. The average molecular weight is 445 g/mol. The second-order valence-corrected chi connectivity index (χ2v) is 7.17. The molecule has 0 radical (unpaired) electrons. The quantitative estimate of drug-likeness (QED) is 0.350. The van der Waals surface area contributed by atoms with Crippen LogP contribution >= 0.6 is 0 Å². The number of ether oxygens (including phenoxy) is 2. The number of likely N-dealkylation sites (N-methyl/N-ethyl adjacent to an activating group) is 1.